The molecule has 0 bridgehead atoms. The lowest BCUT2D eigenvalue weighted by molar-refractivity contribution is 0.449. The minimum absolute atomic E-state index is 0.827. The highest BCUT2D eigenvalue weighted by Crippen LogP contribution is 2.39. The van der Waals surface area contributed by atoms with Crippen LogP contribution in [0.15, 0.2) is 42.5 Å². The summed E-state index contributed by atoms with van der Waals surface area (Å²) in [7, 11) is 0. The number of thiophene rings is 1. The Balaban J connectivity index is 1.71. The zero-order valence-electron chi connectivity index (χ0n) is 14.6. The molecule has 0 spiro atoms. The number of aromatic amines is 1. The average Bonchev–Trinajstić information content (AvgIpc) is 3.14. The number of para-hydroxylation sites is 1. The van der Waals surface area contributed by atoms with Crippen LogP contribution in [-0.4, -0.2) is 4.98 Å². The van der Waals surface area contributed by atoms with Gasteiger partial charge in [0, 0.05) is 21.0 Å². The number of benzene rings is 2. The van der Waals surface area contributed by atoms with Crippen molar-refractivity contribution < 1.29 is 0 Å². The van der Waals surface area contributed by atoms with Gasteiger partial charge in [-0.25, -0.2) is 0 Å². The van der Waals surface area contributed by atoms with Crippen LogP contribution in [0.1, 0.15) is 45.1 Å². The van der Waals surface area contributed by atoms with E-state index in [0.717, 1.165) is 5.92 Å². The van der Waals surface area contributed by atoms with E-state index in [1.165, 1.54) is 68.9 Å². The van der Waals surface area contributed by atoms with Crippen LogP contribution in [0, 0.1) is 5.92 Å². The summed E-state index contributed by atoms with van der Waals surface area (Å²) in [5.41, 5.74) is 4.05. The van der Waals surface area contributed by atoms with Crippen molar-refractivity contribution in [3.8, 4) is 0 Å². The number of rotatable bonds is 6. The third kappa shape index (κ3) is 2.73. The molecule has 0 aliphatic heterocycles. The molecule has 0 saturated carbocycles. The minimum atomic E-state index is 0.827. The molecule has 1 N–H and O–H groups in total. The van der Waals surface area contributed by atoms with Crippen LogP contribution in [0.3, 0.4) is 0 Å². The van der Waals surface area contributed by atoms with Crippen LogP contribution in [-0.2, 0) is 6.42 Å². The van der Waals surface area contributed by atoms with Crippen LogP contribution < -0.4 is 0 Å². The van der Waals surface area contributed by atoms with Gasteiger partial charge in [-0.2, -0.15) is 0 Å². The summed E-state index contributed by atoms with van der Waals surface area (Å²) in [6.45, 7) is 4.62. The monoisotopic (exact) mass is 335 g/mol. The number of aromatic nitrogens is 1. The van der Waals surface area contributed by atoms with E-state index in [0.29, 0.717) is 0 Å². The van der Waals surface area contributed by atoms with Crippen molar-refractivity contribution in [1.29, 1.82) is 0 Å². The maximum atomic E-state index is 3.61. The molecule has 2 aromatic heterocycles. The molecule has 0 aliphatic carbocycles. The molecule has 1 nitrogen and oxygen atoms in total. The first-order valence-corrected chi connectivity index (χ1v) is 10.0. The zero-order chi connectivity index (χ0) is 16.5. The number of nitrogens with one attached hydrogen (secondary N) is 1. The Morgan fingerprint density at radius 3 is 2.75 bits per heavy atom. The minimum Gasteiger partial charge on any atom is -0.353 e. The van der Waals surface area contributed by atoms with E-state index in [9.17, 15) is 0 Å². The first kappa shape index (κ1) is 15.7. The normalized spacial score (nSPS) is 13.2. The zero-order valence-corrected chi connectivity index (χ0v) is 15.4. The van der Waals surface area contributed by atoms with E-state index in [-0.39, 0.29) is 0 Å². The van der Waals surface area contributed by atoms with Gasteiger partial charge in [-0.3, -0.25) is 0 Å². The Morgan fingerprint density at radius 1 is 1.04 bits per heavy atom. The summed E-state index contributed by atoms with van der Waals surface area (Å²) < 4.78 is 2.82. The summed E-state index contributed by atoms with van der Waals surface area (Å²) in [6, 6.07) is 15.7. The van der Waals surface area contributed by atoms with Gasteiger partial charge < -0.3 is 4.98 Å². The van der Waals surface area contributed by atoms with Crippen molar-refractivity contribution >= 4 is 42.5 Å². The van der Waals surface area contributed by atoms with E-state index < -0.39 is 0 Å². The van der Waals surface area contributed by atoms with Gasteiger partial charge >= 0.3 is 0 Å². The van der Waals surface area contributed by atoms with Crippen molar-refractivity contribution in [3.63, 3.8) is 0 Å². The topological polar surface area (TPSA) is 15.8 Å². The second-order valence-electron chi connectivity index (χ2n) is 6.93. The van der Waals surface area contributed by atoms with Gasteiger partial charge in [0.25, 0.3) is 0 Å². The summed E-state index contributed by atoms with van der Waals surface area (Å²) in [5, 5.41) is 2.72. The SMILES string of the molecule is CCCCC(CC)Cc1ccc2c(c1)sc1c3ccccc3[nH]c21. The lowest BCUT2D eigenvalue weighted by Crippen LogP contribution is -2.03. The molecule has 4 aromatic rings. The maximum Gasteiger partial charge on any atom is 0.0654 e. The average molecular weight is 336 g/mol. The van der Waals surface area contributed by atoms with Gasteiger partial charge in [0.2, 0.25) is 0 Å². The van der Waals surface area contributed by atoms with Crippen LogP contribution in [0.25, 0.3) is 31.2 Å². The van der Waals surface area contributed by atoms with Gasteiger partial charge in [-0.15, -0.1) is 11.3 Å². The Morgan fingerprint density at radius 2 is 1.92 bits per heavy atom. The van der Waals surface area contributed by atoms with Gasteiger partial charge in [-0.05, 0) is 30.0 Å². The lowest BCUT2D eigenvalue weighted by Gasteiger charge is -2.14. The second-order valence-corrected chi connectivity index (χ2v) is 7.98. The molecule has 124 valence electrons. The molecule has 0 aliphatic rings. The third-order valence-corrected chi connectivity index (χ3v) is 6.44. The summed E-state index contributed by atoms with van der Waals surface area (Å²) >= 11 is 1.93. The van der Waals surface area contributed by atoms with Crippen molar-refractivity contribution in [3.05, 3.63) is 48.0 Å². The number of hydrogen-bond donors (Lipinski definition) is 1. The standard InChI is InChI=1S/C22H25NS/c1-3-5-8-15(4-2)13-16-11-12-18-20(14-16)24-22-17-9-6-7-10-19(17)23-21(18)22/h6-7,9-12,14-15,23H,3-5,8,13H2,1-2H3. The predicted molar refractivity (Wildman–Crippen MR) is 108 cm³/mol. The predicted octanol–water partition coefficient (Wildman–Crippen LogP) is 7.29. The third-order valence-electron chi connectivity index (χ3n) is 5.25. The van der Waals surface area contributed by atoms with Crippen LogP contribution in [0.4, 0.5) is 0 Å². The van der Waals surface area contributed by atoms with E-state index in [2.05, 4.69) is 61.3 Å². The molecule has 1 unspecified atom stereocenters. The Kier molecular flexibility index (Phi) is 4.32. The van der Waals surface area contributed by atoms with Gasteiger partial charge in [-0.1, -0.05) is 69.9 Å². The van der Waals surface area contributed by atoms with Crippen LogP contribution in [0.2, 0.25) is 0 Å². The molecule has 4 rings (SSSR count). The smallest absolute Gasteiger partial charge is 0.0654 e. The first-order valence-electron chi connectivity index (χ1n) is 9.22. The van der Waals surface area contributed by atoms with Crippen molar-refractivity contribution in [1.82, 2.24) is 4.98 Å². The molecule has 1 atom stereocenters. The molecular formula is C22H25NS. The molecule has 0 amide bonds. The lowest BCUT2D eigenvalue weighted by atomic mass is 9.92. The van der Waals surface area contributed by atoms with Gasteiger partial charge in [0.15, 0.2) is 0 Å². The fourth-order valence-electron chi connectivity index (χ4n) is 3.78. The highest BCUT2D eigenvalue weighted by molar-refractivity contribution is 7.26. The Bertz CT molecular complexity index is 976. The largest absolute Gasteiger partial charge is 0.353 e. The van der Waals surface area contributed by atoms with Crippen molar-refractivity contribution in [2.75, 3.05) is 0 Å². The van der Waals surface area contributed by atoms with E-state index in [1.54, 1.807) is 0 Å². The van der Waals surface area contributed by atoms with Crippen molar-refractivity contribution in [2.24, 2.45) is 5.92 Å². The van der Waals surface area contributed by atoms with Gasteiger partial charge in [0.05, 0.1) is 10.2 Å². The Hall–Kier alpha value is -1.80. The molecule has 2 heterocycles. The molecule has 0 radical (unpaired) electrons. The Labute approximate surface area is 147 Å². The first-order chi connectivity index (χ1) is 11.8. The van der Waals surface area contributed by atoms with Crippen LogP contribution in [0.5, 0.6) is 0 Å². The molecule has 0 fully saturated rings. The molecule has 0 saturated heterocycles. The fourth-order valence-corrected chi connectivity index (χ4v) is 5.04. The number of unbranched alkanes of at least 4 members (excludes halogenated alkanes) is 1. The van der Waals surface area contributed by atoms with Gasteiger partial charge in [0.1, 0.15) is 0 Å². The van der Waals surface area contributed by atoms with E-state index in [1.807, 2.05) is 11.3 Å². The highest BCUT2D eigenvalue weighted by Gasteiger charge is 2.13. The quantitative estimate of drug-likeness (QED) is 0.380. The molecular weight excluding hydrogens is 310 g/mol. The molecule has 2 heteroatoms. The summed E-state index contributed by atoms with van der Waals surface area (Å²) in [6.07, 6.45) is 6.53. The fraction of sp³-hybridized carbons (Fsp3) is 0.364. The highest BCUT2D eigenvalue weighted by atomic mass is 32.1. The van der Waals surface area contributed by atoms with Crippen LogP contribution >= 0.6 is 11.3 Å². The summed E-state index contributed by atoms with van der Waals surface area (Å²) in [4.78, 5) is 3.61. The van der Waals surface area contributed by atoms with Crippen molar-refractivity contribution in [2.45, 2.75) is 46.0 Å². The van der Waals surface area contributed by atoms with E-state index in [4.69, 9.17) is 0 Å². The number of hydrogen-bond acceptors (Lipinski definition) is 1. The number of fused-ring (bicyclic) bond motifs is 5. The number of H-pyrrole nitrogens is 1. The second kappa shape index (κ2) is 6.60. The van der Waals surface area contributed by atoms with E-state index >= 15 is 0 Å². The maximum absolute atomic E-state index is 3.61. The molecule has 2 aromatic carbocycles. The summed E-state index contributed by atoms with van der Waals surface area (Å²) in [5.74, 6) is 0.827. The molecule has 24 heavy (non-hydrogen) atoms.